The molecule has 2 aromatic carbocycles. The van der Waals surface area contributed by atoms with Gasteiger partial charge in [-0.1, -0.05) is 25.3 Å². The van der Waals surface area contributed by atoms with Gasteiger partial charge in [-0.3, -0.25) is 19.3 Å². The molecule has 5 rings (SSSR count). The Labute approximate surface area is 265 Å². The van der Waals surface area contributed by atoms with Crippen molar-refractivity contribution in [3.05, 3.63) is 47.5 Å². The van der Waals surface area contributed by atoms with Crippen LogP contribution in [0.5, 0.6) is 0 Å². The molecule has 2 aliphatic heterocycles. The molecule has 3 fully saturated rings. The molecule has 250 valence electrons. The van der Waals surface area contributed by atoms with Crippen molar-refractivity contribution in [1.29, 1.82) is 0 Å². The average molecular weight is 650 g/mol. The van der Waals surface area contributed by atoms with Gasteiger partial charge in [-0.15, -0.1) is 0 Å². The summed E-state index contributed by atoms with van der Waals surface area (Å²) in [6.07, 6.45) is -0.969. The van der Waals surface area contributed by atoms with Crippen LogP contribution in [0.2, 0.25) is 0 Å². The minimum Gasteiger partial charge on any atom is -0.367 e. The van der Waals surface area contributed by atoms with E-state index in [9.17, 15) is 27.6 Å². The number of carbonyl (C=O) groups excluding carboxylic acids is 3. The Hall–Kier alpha value is -3.74. The topological polar surface area (TPSA) is 93.8 Å². The van der Waals surface area contributed by atoms with E-state index in [1.54, 1.807) is 0 Å². The van der Waals surface area contributed by atoms with Gasteiger partial charge in [0.25, 0.3) is 5.91 Å². The second kappa shape index (κ2) is 13.5. The number of amides is 3. The molecule has 8 nitrogen and oxygen atoms in total. The summed E-state index contributed by atoms with van der Waals surface area (Å²) in [5.41, 5.74) is 0.135. The van der Waals surface area contributed by atoms with Crippen LogP contribution in [0.4, 0.5) is 33.3 Å². The predicted molar refractivity (Wildman–Crippen MR) is 164 cm³/mol. The molecule has 2 unspecified atom stereocenters. The summed E-state index contributed by atoms with van der Waals surface area (Å²) in [6, 6.07) is 6.24. The maximum atomic E-state index is 15.8. The molecule has 13 heteroatoms. The Balaban J connectivity index is 1.48. The van der Waals surface area contributed by atoms with Gasteiger partial charge in [0.15, 0.2) is 0 Å². The number of piperazine rings is 1. The molecule has 4 atom stereocenters. The quantitative estimate of drug-likeness (QED) is 0.361. The lowest BCUT2D eigenvalue weighted by Crippen LogP contribution is -2.55. The molecule has 3 aliphatic rings. The Morgan fingerprint density at radius 3 is 2.26 bits per heavy atom. The number of anilines is 2. The summed E-state index contributed by atoms with van der Waals surface area (Å²) in [4.78, 5) is 42.0. The predicted octanol–water partition coefficient (Wildman–Crippen LogP) is 5.48. The van der Waals surface area contributed by atoms with Crippen LogP contribution < -0.4 is 20.9 Å². The molecular formula is C33H40F5N5O3. The molecule has 1 saturated carbocycles. The third-order valence-corrected chi connectivity index (χ3v) is 9.68. The van der Waals surface area contributed by atoms with E-state index in [0.29, 0.717) is 13.1 Å². The van der Waals surface area contributed by atoms with Gasteiger partial charge >= 0.3 is 6.18 Å². The smallest absolute Gasteiger partial charge is 0.367 e. The van der Waals surface area contributed by atoms with Crippen molar-refractivity contribution >= 4 is 29.1 Å². The Kier molecular flexibility index (Phi) is 9.90. The number of rotatable bonds is 6. The Bertz CT molecular complexity index is 1470. The molecule has 2 heterocycles. The van der Waals surface area contributed by atoms with Crippen LogP contribution in [-0.4, -0.2) is 73.6 Å². The number of likely N-dealkylation sites (N-methyl/N-ethyl adjacent to an activating group) is 1. The summed E-state index contributed by atoms with van der Waals surface area (Å²) in [6.45, 7) is 4.37. The standard InChI is InChI=1S/C33H40F5N5O3/c1-18-16-43(17-19(2)42(18)3)29-14-27(35)23(12-28(29)41-32(46)24-15-39-30(44)13-25(24)33(36,37)38)20-9-10-22(26(34)11-20)31(45)40-21-7-5-4-6-8-21/h9-12,14,18-19,21,24-25H,4-8,13,15-17H2,1-3H3,(H,39,44)(H,40,45)(H,41,46)/t18-,19+,24?,25?. The SMILES string of the molecule is C[C@@H]1CN(c2cc(F)c(-c3ccc(C(=O)NC4CCCCC4)c(F)c3)cc2NC(=O)C2CNC(=O)CC2C(F)(F)F)C[C@H](C)N1C. The van der Waals surface area contributed by atoms with Crippen molar-refractivity contribution in [2.24, 2.45) is 11.8 Å². The molecular weight excluding hydrogens is 609 g/mol. The molecule has 3 amide bonds. The first-order valence-electron chi connectivity index (χ1n) is 15.8. The van der Waals surface area contributed by atoms with E-state index < -0.39 is 60.3 Å². The number of benzene rings is 2. The second-order valence-corrected chi connectivity index (χ2v) is 12.9. The van der Waals surface area contributed by atoms with Crippen LogP contribution in [0.15, 0.2) is 30.3 Å². The summed E-state index contributed by atoms with van der Waals surface area (Å²) in [5, 5.41) is 7.79. The highest BCUT2D eigenvalue weighted by Gasteiger charge is 2.50. The fourth-order valence-corrected chi connectivity index (χ4v) is 6.75. The summed E-state index contributed by atoms with van der Waals surface area (Å²) < 4.78 is 72.7. The molecule has 3 N–H and O–H groups in total. The number of hydrogen-bond acceptors (Lipinski definition) is 5. The normalized spacial score (nSPS) is 24.8. The zero-order chi connectivity index (χ0) is 33.3. The van der Waals surface area contributed by atoms with Crippen molar-refractivity contribution in [1.82, 2.24) is 15.5 Å². The Morgan fingerprint density at radius 1 is 0.957 bits per heavy atom. The van der Waals surface area contributed by atoms with Crippen molar-refractivity contribution < 1.29 is 36.3 Å². The van der Waals surface area contributed by atoms with Crippen LogP contribution in [0.3, 0.4) is 0 Å². The maximum Gasteiger partial charge on any atom is 0.393 e. The fourth-order valence-electron chi connectivity index (χ4n) is 6.75. The first-order valence-corrected chi connectivity index (χ1v) is 15.8. The van der Waals surface area contributed by atoms with Crippen molar-refractivity contribution in [3.63, 3.8) is 0 Å². The minimum absolute atomic E-state index is 0.0362. The van der Waals surface area contributed by atoms with Gasteiger partial charge in [0, 0.05) is 49.7 Å². The highest BCUT2D eigenvalue weighted by atomic mass is 19.4. The highest BCUT2D eigenvalue weighted by molar-refractivity contribution is 5.99. The van der Waals surface area contributed by atoms with Gasteiger partial charge in [-0.2, -0.15) is 13.2 Å². The van der Waals surface area contributed by atoms with Gasteiger partial charge in [0.2, 0.25) is 11.8 Å². The van der Waals surface area contributed by atoms with Gasteiger partial charge in [0.05, 0.1) is 28.8 Å². The lowest BCUT2D eigenvalue weighted by atomic mass is 9.84. The molecule has 0 radical (unpaired) electrons. The largest absolute Gasteiger partial charge is 0.393 e. The van der Waals surface area contributed by atoms with E-state index in [1.807, 2.05) is 25.8 Å². The number of halogens is 5. The van der Waals surface area contributed by atoms with Gasteiger partial charge in [-0.05, 0) is 63.6 Å². The minimum atomic E-state index is -4.79. The van der Waals surface area contributed by atoms with E-state index in [4.69, 9.17) is 0 Å². The lowest BCUT2D eigenvalue weighted by Gasteiger charge is -2.44. The highest BCUT2D eigenvalue weighted by Crippen LogP contribution is 2.40. The average Bonchev–Trinajstić information content (AvgIpc) is 3.00. The second-order valence-electron chi connectivity index (χ2n) is 12.9. The third kappa shape index (κ3) is 7.29. The van der Waals surface area contributed by atoms with Crippen molar-refractivity contribution in [2.45, 2.75) is 76.7 Å². The maximum absolute atomic E-state index is 15.8. The van der Waals surface area contributed by atoms with Crippen LogP contribution in [0.1, 0.15) is 62.7 Å². The van der Waals surface area contributed by atoms with E-state index >= 15 is 8.78 Å². The summed E-state index contributed by atoms with van der Waals surface area (Å²) >= 11 is 0. The van der Waals surface area contributed by atoms with E-state index in [2.05, 4.69) is 20.9 Å². The first kappa shape index (κ1) is 33.6. The van der Waals surface area contributed by atoms with Crippen LogP contribution in [0.25, 0.3) is 11.1 Å². The molecule has 1 aliphatic carbocycles. The van der Waals surface area contributed by atoms with Crippen LogP contribution in [0, 0.1) is 23.5 Å². The molecule has 0 spiro atoms. The summed E-state index contributed by atoms with van der Waals surface area (Å²) in [5.74, 6) is -7.71. The van der Waals surface area contributed by atoms with Gasteiger partial charge in [-0.25, -0.2) is 8.78 Å². The molecule has 2 saturated heterocycles. The molecule has 0 aromatic heterocycles. The number of carbonyl (C=O) groups is 3. The van der Waals surface area contributed by atoms with E-state index in [0.717, 1.165) is 38.2 Å². The fraction of sp³-hybridized carbons (Fsp3) is 0.545. The van der Waals surface area contributed by atoms with Gasteiger partial charge < -0.3 is 20.9 Å². The van der Waals surface area contributed by atoms with Crippen LogP contribution in [-0.2, 0) is 9.59 Å². The number of piperidine rings is 1. The number of hydrogen-bond donors (Lipinski definition) is 3. The molecule has 0 bridgehead atoms. The first-order chi connectivity index (χ1) is 21.7. The van der Waals surface area contributed by atoms with Crippen LogP contribution >= 0.6 is 0 Å². The van der Waals surface area contributed by atoms with E-state index in [-0.39, 0.29) is 46.2 Å². The van der Waals surface area contributed by atoms with Crippen molar-refractivity contribution in [2.75, 3.05) is 36.9 Å². The number of nitrogens with zero attached hydrogens (tertiary/aromatic N) is 2. The van der Waals surface area contributed by atoms with Gasteiger partial charge in [0.1, 0.15) is 11.6 Å². The molecule has 2 aromatic rings. The third-order valence-electron chi connectivity index (χ3n) is 9.68. The molecule has 46 heavy (non-hydrogen) atoms. The monoisotopic (exact) mass is 649 g/mol. The number of alkyl halides is 3. The summed E-state index contributed by atoms with van der Waals surface area (Å²) in [7, 11) is 1.96. The van der Waals surface area contributed by atoms with E-state index in [1.165, 1.54) is 24.3 Å². The zero-order valence-corrected chi connectivity index (χ0v) is 26.1. The number of nitrogens with one attached hydrogen (secondary N) is 3. The Morgan fingerprint density at radius 2 is 1.63 bits per heavy atom. The lowest BCUT2D eigenvalue weighted by molar-refractivity contribution is -0.197. The zero-order valence-electron chi connectivity index (χ0n) is 26.1. The van der Waals surface area contributed by atoms with Crippen molar-refractivity contribution in [3.8, 4) is 11.1 Å².